The van der Waals surface area contributed by atoms with Crippen molar-refractivity contribution >= 4 is 17.7 Å². The molecule has 0 aliphatic heterocycles. The number of carbonyl (C=O) groups excluding carboxylic acids is 1. The van der Waals surface area contributed by atoms with Gasteiger partial charge in [0.2, 0.25) is 5.91 Å². The summed E-state index contributed by atoms with van der Waals surface area (Å²) in [5.41, 5.74) is 3.15. The average molecular weight is 347 g/mol. The van der Waals surface area contributed by atoms with E-state index in [2.05, 4.69) is 31.3 Å². The SMILES string of the molecule is COc1ccc([C@@H](C)NC(=O)CSc2ccc(C)c(C)c2)cc1F. The molecule has 1 atom stereocenters. The van der Waals surface area contributed by atoms with Gasteiger partial charge < -0.3 is 10.1 Å². The average Bonchev–Trinajstić information content (AvgIpc) is 2.55. The summed E-state index contributed by atoms with van der Waals surface area (Å²) in [4.78, 5) is 13.2. The highest BCUT2D eigenvalue weighted by Gasteiger charge is 2.12. The van der Waals surface area contributed by atoms with E-state index in [1.807, 2.05) is 13.0 Å². The van der Waals surface area contributed by atoms with Gasteiger partial charge in [0.25, 0.3) is 0 Å². The van der Waals surface area contributed by atoms with E-state index in [0.29, 0.717) is 11.3 Å². The van der Waals surface area contributed by atoms with E-state index in [-0.39, 0.29) is 17.7 Å². The molecule has 0 bridgehead atoms. The number of amides is 1. The second kappa shape index (κ2) is 8.20. The molecule has 0 aliphatic rings. The molecule has 128 valence electrons. The van der Waals surface area contributed by atoms with E-state index < -0.39 is 5.82 Å². The lowest BCUT2D eigenvalue weighted by molar-refractivity contribution is -0.119. The lowest BCUT2D eigenvalue weighted by Gasteiger charge is -2.15. The smallest absolute Gasteiger partial charge is 0.230 e. The Morgan fingerprint density at radius 2 is 1.96 bits per heavy atom. The van der Waals surface area contributed by atoms with E-state index in [0.717, 1.165) is 4.90 Å². The van der Waals surface area contributed by atoms with Gasteiger partial charge in [0.1, 0.15) is 0 Å². The summed E-state index contributed by atoms with van der Waals surface area (Å²) in [6.07, 6.45) is 0. The molecule has 2 aromatic carbocycles. The van der Waals surface area contributed by atoms with E-state index >= 15 is 0 Å². The highest BCUT2D eigenvalue weighted by atomic mass is 32.2. The maximum atomic E-state index is 13.7. The summed E-state index contributed by atoms with van der Waals surface area (Å²) in [6.45, 7) is 5.95. The van der Waals surface area contributed by atoms with Gasteiger partial charge in [0.15, 0.2) is 11.6 Å². The van der Waals surface area contributed by atoms with Gasteiger partial charge in [-0.1, -0.05) is 12.1 Å². The Morgan fingerprint density at radius 1 is 1.21 bits per heavy atom. The minimum atomic E-state index is -0.430. The van der Waals surface area contributed by atoms with Crippen LogP contribution in [0.4, 0.5) is 4.39 Å². The van der Waals surface area contributed by atoms with E-state index in [4.69, 9.17) is 4.74 Å². The van der Waals surface area contributed by atoms with Crippen molar-refractivity contribution in [1.29, 1.82) is 0 Å². The van der Waals surface area contributed by atoms with Gasteiger partial charge in [0, 0.05) is 4.90 Å². The number of carbonyl (C=O) groups is 1. The van der Waals surface area contributed by atoms with Crippen LogP contribution in [0.2, 0.25) is 0 Å². The second-order valence-corrected chi connectivity index (χ2v) is 6.77. The molecule has 1 amide bonds. The fourth-order valence-electron chi connectivity index (χ4n) is 2.27. The second-order valence-electron chi connectivity index (χ2n) is 5.72. The first-order chi connectivity index (χ1) is 11.4. The highest BCUT2D eigenvalue weighted by molar-refractivity contribution is 8.00. The van der Waals surface area contributed by atoms with Crippen LogP contribution in [0.15, 0.2) is 41.3 Å². The lowest BCUT2D eigenvalue weighted by Crippen LogP contribution is -2.28. The van der Waals surface area contributed by atoms with Crippen molar-refractivity contribution in [2.24, 2.45) is 0 Å². The standard InChI is InChI=1S/C19H22FNO2S/c1-12-5-7-16(9-13(12)2)24-11-19(22)21-14(3)15-6-8-18(23-4)17(20)10-15/h5-10,14H,11H2,1-4H3,(H,21,22)/t14-/m1/s1. The summed E-state index contributed by atoms with van der Waals surface area (Å²) in [7, 11) is 1.42. The molecule has 0 saturated heterocycles. The van der Waals surface area contributed by atoms with Crippen LogP contribution in [-0.4, -0.2) is 18.8 Å². The number of methoxy groups -OCH3 is 1. The number of ether oxygens (including phenoxy) is 1. The van der Waals surface area contributed by atoms with Crippen LogP contribution in [0.5, 0.6) is 5.75 Å². The first-order valence-electron chi connectivity index (χ1n) is 7.73. The van der Waals surface area contributed by atoms with Gasteiger partial charge in [-0.05, 0) is 61.7 Å². The van der Waals surface area contributed by atoms with Crippen molar-refractivity contribution in [1.82, 2.24) is 5.32 Å². The minimum Gasteiger partial charge on any atom is -0.494 e. The fraction of sp³-hybridized carbons (Fsp3) is 0.316. The van der Waals surface area contributed by atoms with Crippen LogP contribution in [0.1, 0.15) is 29.7 Å². The summed E-state index contributed by atoms with van der Waals surface area (Å²) in [5.74, 6) is 0.0102. The number of hydrogen-bond acceptors (Lipinski definition) is 3. The number of hydrogen-bond donors (Lipinski definition) is 1. The molecule has 0 unspecified atom stereocenters. The molecule has 1 N–H and O–H groups in total. The van der Waals surface area contributed by atoms with Gasteiger partial charge in [-0.3, -0.25) is 4.79 Å². The van der Waals surface area contributed by atoms with Gasteiger partial charge in [-0.2, -0.15) is 0 Å². The Kier molecular flexibility index (Phi) is 6.26. The number of aryl methyl sites for hydroxylation is 2. The van der Waals surface area contributed by atoms with Gasteiger partial charge >= 0.3 is 0 Å². The summed E-state index contributed by atoms with van der Waals surface area (Å²) >= 11 is 1.49. The molecule has 0 heterocycles. The van der Waals surface area contributed by atoms with Crippen LogP contribution < -0.4 is 10.1 Å². The van der Waals surface area contributed by atoms with E-state index in [9.17, 15) is 9.18 Å². The van der Waals surface area contributed by atoms with Crippen molar-refractivity contribution in [3.05, 3.63) is 58.9 Å². The maximum absolute atomic E-state index is 13.7. The molecular formula is C19H22FNO2S. The van der Waals surface area contributed by atoms with E-state index in [1.54, 1.807) is 12.1 Å². The van der Waals surface area contributed by atoms with Crippen molar-refractivity contribution in [3.8, 4) is 5.75 Å². The molecule has 24 heavy (non-hydrogen) atoms. The highest BCUT2D eigenvalue weighted by Crippen LogP contribution is 2.23. The quantitative estimate of drug-likeness (QED) is 0.786. The van der Waals surface area contributed by atoms with Gasteiger partial charge in [-0.25, -0.2) is 4.39 Å². The zero-order valence-corrected chi connectivity index (χ0v) is 15.2. The van der Waals surface area contributed by atoms with Gasteiger partial charge in [0.05, 0.1) is 18.9 Å². The molecule has 0 spiro atoms. The topological polar surface area (TPSA) is 38.3 Å². The molecule has 0 saturated carbocycles. The Balaban J connectivity index is 1.91. The van der Waals surface area contributed by atoms with Crippen LogP contribution in [-0.2, 0) is 4.79 Å². The number of halogens is 1. The molecule has 0 radical (unpaired) electrons. The Labute approximate surface area is 146 Å². The van der Waals surface area contributed by atoms with Crippen LogP contribution >= 0.6 is 11.8 Å². The van der Waals surface area contributed by atoms with Crippen molar-refractivity contribution in [2.45, 2.75) is 31.7 Å². The van der Waals surface area contributed by atoms with Crippen molar-refractivity contribution < 1.29 is 13.9 Å². The molecule has 0 fully saturated rings. The molecule has 2 aromatic rings. The van der Waals surface area contributed by atoms with Crippen LogP contribution in [0, 0.1) is 19.7 Å². The predicted molar refractivity (Wildman–Crippen MR) is 96.1 cm³/mol. The predicted octanol–water partition coefficient (Wildman–Crippen LogP) is 4.42. The monoisotopic (exact) mass is 347 g/mol. The summed E-state index contributed by atoms with van der Waals surface area (Å²) < 4.78 is 18.6. The first-order valence-corrected chi connectivity index (χ1v) is 8.72. The Morgan fingerprint density at radius 3 is 2.58 bits per heavy atom. The molecule has 3 nitrogen and oxygen atoms in total. The fourth-order valence-corrected chi connectivity index (χ4v) is 3.08. The maximum Gasteiger partial charge on any atom is 0.230 e. The van der Waals surface area contributed by atoms with Crippen LogP contribution in [0.25, 0.3) is 0 Å². The molecule has 5 heteroatoms. The third-order valence-corrected chi connectivity index (χ3v) is 4.90. The zero-order valence-electron chi connectivity index (χ0n) is 14.4. The minimum absolute atomic E-state index is 0.0815. The Hall–Kier alpha value is -2.01. The third kappa shape index (κ3) is 4.74. The number of benzene rings is 2. The molecule has 2 rings (SSSR count). The molecule has 0 aromatic heterocycles. The summed E-state index contributed by atoms with van der Waals surface area (Å²) in [5, 5.41) is 2.89. The number of thioether (sulfide) groups is 1. The lowest BCUT2D eigenvalue weighted by atomic mass is 10.1. The Bertz CT molecular complexity index is 733. The van der Waals surface area contributed by atoms with Gasteiger partial charge in [-0.15, -0.1) is 11.8 Å². The molecule has 0 aliphatic carbocycles. The third-order valence-electron chi connectivity index (χ3n) is 3.90. The zero-order chi connectivity index (χ0) is 17.7. The molecular weight excluding hydrogens is 325 g/mol. The number of nitrogens with one attached hydrogen (secondary N) is 1. The van der Waals surface area contributed by atoms with Crippen molar-refractivity contribution in [3.63, 3.8) is 0 Å². The first kappa shape index (κ1) is 18.3. The largest absolute Gasteiger partial charge is 0.494 e. The normalized spacial score (nSPS) is 11.9. The number of rotatable bonds is 6. The summed E-state index contributed by atoms with van der Waals surface area (Å²) in [6, 6.07) is 10.6. The van der Waals surface area contributed by atoms with Crippen LogP contribution in [0.3, 0.4) is 0 Å². The van der Waals surface area contributed by atoms with Crippen molar-refractivity contribution in [2.75, 3.05) is 12.9 Å². The van der Waals surface area contributed by atoms with E-state index in [1.165, 1.54) is 36.1 Å².